The van der Waals surface area contributed by atoms with Gasteiger partial charge in [-0.3, -0.25) is 0 Å². The van der Waals surface area contributed by atoms with Crippen LogP contribution in [-0.2, 0) is 0 Å². The van der Waals surface area contributed by atoms with Crippen LogP contribution >= 0.6 is 0 Å². The molecule has 0 aromatic carbocycles. The third-order valence-electron chi connectivity index (χ3n) is 4.01. The molecule has 0 aromatic rings. The molecule has 0 amide bonds. The molecule has 0 aliphatic heterocycles. The first-order chi connectivity index (χ1) is 6.16. The summed E-state index contributed by atoms with van der Waals surface area (Å²) >= 11 is 0. The average Bonchev–Trinajstić information content (AvgIpc) is 2.32. The van der Waals surface area contributed by atoms with Crippen LogP contribution in [0.3, 0.4) is 0 Å². The summed E-state index contributed by atoms with van der Waals surface area (Å²) < 4.78 is 0. The van der Waals surface area contributed by atoms with Crippen molar-refractivity contribution in [3.05, 3.63) is 0 Å². The Hall–Kier alpha value is -0.0400. The first-order valence-corrected chi connectivity index (χ1v) is 5.85. The monoisotopic (exact) mass is 182 g/mol. The Bertz CT molecular complexity index is 162. The van der Waals surface area contributed by atoms with Crippen molar-refractivity contribution in [3.63, 3.8) is 0 Å². The zero-order valence-electron chi connectivity index (χ0n) is 8.87. The largest absolute Gasteiger partial charge is 0.393 e. The molecule has 0 radical (unpaired) electrons. The SMILES string of the molecule is CC(C)CC1[C@@H]2CC[C@H]1CC(O)C2. The lowest BCUT2D eigenvalue weighted by molar-refractivity contribution is 0.0537. The van der Waals surface area contributed by atoms with E-state index in [2.05, 4.69) is 13.8 Å². The molecular formula is C12H22O. The summed E-state index contributed by atoms with van der Waals surface area (Å²) in [6.07, 6.45) is 6.38. The van der Waals surface area contributed by atoms with Crippen LogP contribution in [0, 0.1) is 23.7 Å². The van der Waals surface area contributed by atoms with Gasteiger partial charge in [-0.05, 0) is 55.8 Å². The molecule has 2 bridgehead atoms. The second-order valence-corrected chi connectivity index (χ2v) is 5.52. The molecule has 76 valence electrons. The first-order valence-electron chi connectivity index (χ1n) is 5.85. The summed E-state index contributed by atoms with van der Waals surface area (Å²) in [5.74, 6) is 3.50. The molecule has 13 heavy (non-hydrogen) atoms. The highest BCUT2D eigenvalue weighted by Gasteiger charge is 2.41. The number of aliphatic hydroxyl groups is 1. The van der Waals surface area contributed by atoms with E-state index in [-0.39, 0.29) is 6.10 Å². The van der Waals surface area contributed by atoms with Crippen LogP contribution in [0.4, 0.5) is 0 Å². The Morgan fingerprint density at radius 1 is 1.15 bits per heavy atom. The average molecular weight is 182 g/mol. The van der Waals surface area contributed by atoms with Crippen molar-refractivity contribution in [1.29, 1.82) is 0 Å². The van der Waals surface area contributed by atoms with Gasteiger partial charge in [-0.2, -0.15) is 0 Å². The molecule has 4 atom stereocenters. The minimum atomic E-state index is 0.0286. The van der Waals surface area contributed by atoms with E-state index in [9.17, 15) is 5.11 Å². The van der Waals surface area contributed by atoms with E-state index in [0.29, 0.717) is 0 Å². The van der Waals surface area contributed by atoms with Crippen molar-refractivity contribution in [1.82, 2.24) is 0 Å². The fourth-order valence-corrected chi connectivity index (χ4v) is 3.55. The van der Waals surface area contributed by atoms with Gasteiger partial charge in [-0.1, -0.05) is 13.8 Å². The number of fused-ring (bicyclic) bond motifs is 2. The molecule has 2 aliphatic rings. The number of rotatable bonds is 2. The van der Waals surface area contributed by atoms with Crippen molar-refractivity contribution in [2.45, 2.75) is 52.1 Å². The van der Waals surface area contributed by atoms with Crippen LogP contribution in [0.25, 0.3) is 0 Å². The number of aliphatic hydroxyl groups excluding tert-OH is 1. The summed E-state index contributed by atoms with van der Waals surface area (Å²) in [6, 6.07) is 0. The standard InChI is InChI=1S/C12H22O/c1-8(2)5-12-9-3-4-10(12)7-11(13)6-9/h8-13H,3-7H2,1-2H3/t9-,10+,11?,12?. The van der Waals surface area contributed by atoms with Crippen LogP contribution in [-0.4, -0.2) is 11.2 Å². The Morgan fingerprint density at radius 3 is 2.15 bits per heavy atom. The fraction of sp³-hybridized carbons (Fsp3) is 1.00. The lowest BCUT2D eigenvalue weighted by Gasteiger charge is -2.34. The highest BCUT2D eigenvalue weighted by Crippen LogP contribution is 2.49. The Labute approximate surface area is 81.5 Å². The normalized spacial score (nSPS) is 44.3. The maximum Gasteiger partial charge on any atom is 0.0545 e. The Kier molecular flexibility index (Phi) is 2.64. The van der Waals surface area contributed by atoms with Crippen LogP contribution < -0.4 is 0 Å². The lowest BCUT2D eigenvalue weighted by Crippen LogP contribution is -2.29. The van der Waals surface area contributed by atoms with Crippen molar-refractivity contribution < 1.29 is 5.11 Å². The van der Waals surface area contributed by atoms with Crippen molar-refractivity contribution in [3.8, 4) is 0 Å². The molecule has 1 heteroatoms. The zero-order chi connectivity index (χ0) is 9.42. The van der Waals surface area contributed by atoms with Crippen molar-refractivity contribution in [2.24, 2.45) is 23.7 Å². The predicted molar refractivity (Wildman–Crippen MR) is 54.4 cm³/mol. The van der Waals surface area contributed by atoms with Crippen LogP contribution in [0.2, 0.25) is 0 Å². The lowest BCUT2D eigenvalue weighted by atomic mass is 9.74. The van der Waals surface area contributed by atoms with Gasteiger partial charge in [0.05, 0.1) is 6.10 Å². The van der Waals surface area contributed by atoms with E-state index in [4.69, 9.17) is 0 Å². The van der Waals surface area contributed by atoms with Gasteiger partial charge in [0.25, 0.3) is 0 Å². The van der Waals surface area contributed by atoms with Crippen LogP contribution in [0.5, 0.6) is 0 Å². The fourth-order valence-electron chi connectivity index (χ4n) is 3.55. The van der Waals surface area contributed by atoms with Crippen molar-refractivity contribution >= 4 is 0 Å². The van der Waals surface area contributed by atoms with E-state index in [1.165, 1.54) is 19.3 Å². The summed E-state index contributed by atoms with van der Waals surface area (Å²) in [6.45, 7) is 4.65. The van der Waals surface area contributed by atoms with Gasteiger partial charge >= 0.3 is 0 Å². The molecule has 2 fully saturated rings. The van der Waals surface area contributed by atoms with E-state index in [0.717, 1.165) is 36.5 Å². The van der Waals surface area contributed by atoms with E-state index >= 15 is 0 Å². The van der Waals surface area contributed by atoms with Gasteiger partial charge in [0, 0.05) is 0 Å². The number of hydrogen-bond donors (Lipinski definition) is 1. The number of hydrogen-bond acceptors (Lipinski definition) is 1. The maximum atomic E-state index is 9.64. The topological polar surface area (TPSA) is 20.2 Å². The van der Waals surface area contributed by atoms with Gasteiger partial charge in [-0.15, -0.1) is 0 Å². The minimum absolute atomic E-state index is 0.0286. The van der Waals surface area contributed by atoms with Gasteiger partial charge in [0.2, 0.25) is 0 Å². The highest BCUT2D eigenvalue weighted by molar-refractivity contribution is 4.92. The van der Waals surface area contributed by atoms with Gasteiger partial charge in [0.15, 0.2) is 0 Å². The van der Waals surface area contributed by atoms with E-state index in [1.54, 1.807) is 0 Å². The van der Waals surface area contributed by atoms with Gasteiger partial charge in [-0.25, -0.2) is 0 Å². The molecule has 2 aliphatic carbocycles. The zero-order valence-corrected chi connectivity index (χ0v) is 8.87. The second kappa shape index (κ2) is 3.61. The molecule has 0 heterocycles. The smallest absolute Gasteiger partial charge is 0.0545 e. The van der Waals surface area contributed by atoms with Crippen LogP contribution in [0.1, 0.15) is 46.0 Å². The molecule has 0 saturated heterocycles. The van der Waals surface area contributed by atoms with Gasteiger partial charge in [0.1, 0.15) is 0 Å². The third-order valence-corrected chi connectivity index (χ3v) is 4.01. The summed E-state index contributed by atoms with van der Waals surface area (Å²) in [5.41, 5.74) is 0. The Balaban J connectivity index is 1.98. The molecule has 0 spiro atoms. The molecule has 1 N–H and O–H groups in total. The summed E-state index contributed by atoms with van der Waals surface area (Å²) in [5, 5.41) is 9.64. The molecule has 2 saturated carbocycles. The molecule has 1 nitrogen and oxygen atoms in total. The van der Waals surface area contributed by atoms with Crippen molar-refractivity contribution in [2.75, 3.05) is 0 Å². The molecule has 0 aromatic heterocycles. The first kappa shape index (κ1) is 9.51. The highest BCUT2D eigenvalue weighted by atomic mass is 16.3. The van der Waals surface area contributed by atoms with E-state index in [1.807, 2.05) is 0 Å². The van der Waals surface area contributed by atoms with E-state index < -0.39 is 0 Å². The summed E-state index contributed by atoms with van der Waals surface area (Å²) in [7, 11) is 0. The molecule has 2 unspecified atom stereocenters. The molecule has 2 rings (SSSR count). The molecular weight excluding hydrogens is 160 g/mol. The summed E-state index contributed by atoms with van der Waals surface area (Å²) in [4.78, 5) is 0. The van der Waals surface area contributed by atoms with Crippen LogP contribution in [0.15, 0.2) is 0 Å². The predicted octanol–water partition coefficient (Wildman–Crippen LogP) is 2.83. The maximum absolute atomic E-state index is 9.64. The quantitative estimate of drug-likeness (QED) is 0.696. The van der Waals surface area contributed by atoms with Gasteiger partial charge < -0.3 is 5.11 Å². The Morgan fingerprint density at radius 2 is 1.69 bits per heavy atom. The second-order valence-electron chi connectivity index (χ2n) is 5.52. The minimum Gasteiger partial charge on any atom is -0.393 e. The third kappa shape index (κ3) is 1.90.